The zero-order chi connectivity index (χ0) is 67.1. The van der Waals surface area contributed by atoms with Crippen molar-refractivity contribution >= 4 is 5.91 Å². The lowest BCUT2D eigenvalue weighted by atomic mass is 9.99. The van der Waals surface area contributed by atoms with Gasteiger partial charge in [0.2, 0.25) is 5.91 Å². The van der Waals surface area contributed by atoms with Gasteiger partial charge in [-0.1, -0.05) is 409 Å². The summed E-state index contributed by atoms with van der Waals surface area (Å²) in [6.45, 7) is 3.83. The summed E-state index contributed by atoms with van der Waals surface area (Å²) in [5, 5.41) is 55.0. The molecule has 6 N–H and O–H groups in total. The van der Waals surface area contributed by atoms with E-state index in [1.54, 1.807) is 6.08 Å². The molecule has 0 saturated carbocycles. The van der Waals surface area contributed by atoms with E-state index in [9.17, 15) is 30.3 Å². The van der Waals surface area contributed by atoms with Gasteiger partial charge >= 0.3 is 0 Å². The van der Waals surface area contributed by atoms with Gasteiger partial charge in [0, 0.05) is 6.42 Å². The third kappa shape index (κ3) is 61.0. The molecule has 1 saturated heterocycles. The van der Waals surface area contributed by atoms with Crippen molar-refractivity contribution in [1.82, 2.24) is 5.32 Å². The van der Waals surface area contributed by atoms with Gasteiger partial charge in [-0.25, -0.2) is 0 Å². The van der Waals surface area contributed by atoms with Crippen LogP contribution in [-0.4, -0.2) is 87.5 Å². The quantitative estimate of drug-likeness (QED) is 0.0261. The summed E-state index contributed by atoms with van der Waals surface area (Å²) in [6, 6.07) is -0.806. The Morgan fingerprint density at radius 3 is 0.935 bits per heavy atom. The lowest BCUT2D eigenvalue weighted by Gasteiger charge is -2.40. The van der Waals surface area contributed by atoms with Gasteiger partial charge in [-0.15, -0.1) is 0 Å². The molecule has 1 heterocycles. The van der Waals surface area contributed by atoms with Gasteiger partial charge in [0.05, 0.1) is 25.4 Å². The summed E-state index contributed by atoms with van der Waals surface area (Å²) in [5.41, 5.74) is 0. The average Bonchev–Trinajstić information content (AvgIpc) is 1.02. The van der Waals surface area contributed by atoms with E-state index in [0.29, 0.717) is 6.42 Å². The lowest BCUT2D eigenvalue weighted by Crippen LogP contribution is -2.60. The van der Waals surface area contributed by atoms with E-state index < -0.39 is 49.5 Å². The number of nitrogens with one attached hydrogen (secondary N) is 1. The molecule has 0 spiro atoms. The smallest absolute Gasteiger partial charge is 0.220 e. The minimum Gasteiger partial charge on any atom is -0.394 e. The van der Waals surface area contributed by atoms with Gasteiger partial charge < -0.3 is 40.3 Å². The average molecular weight is 1310 g/mol. The van der Waals surface area contributed by atoms with Crippen molar-refractivity contribution in [3.05, 3.63) is 48.6 Å². The first-order valence-corrected chi connectivity index (χ1v) is 41.4. The molecule has 0 aromatic heterocycles. The fourth-order valence-electron chi connectivity index (χ4n) is 13.5. The number of amides is 1. The van der Waals surface area contributed by atoms with Crippen LogP contribution in [0.1, 0.15) is 425 Å². The largest absolute Gasteiger partial charge is 0.394 e. The summed E-state index contributed by atoms with van der Waals surface area (Å²) >= 11 is 0. The van der Waals surface area contributed by atoms with Gasteiger partial charge in [0.15, 0.2) is 6.29 Å². The molecule has 0 aliphatic carbocycles. The summed E-state index contributed by atoms with van der Waals surface area (Å²) in [4.78, 5) is 13.2. The number of unbranched alkanes of at least 4 members (excludes halogenated alkanes) is 58. The van der Waals surface area contributed by atoms with Crippen molar-refractivity contribution < 1.29 is 39.8 Å². The molecule has 1 rings (SSSR count). The van der Waals surface area contributed by atoms with E-state index in [4.69, 9.17) is 9.47 Å². The van der Waals surface area contributed by atoms with Crippen LogP contribution in [0.15, 0.2) is 48.6 Å². The topological polar surface area (TPSA) is 149 Å². The maximum absolute atomic E-state index is 13.2. The number of hydrogen-bond acceptors (Lipinski definition) is 8. The van der Waals surface area contributed by atoms with E-state index in [1.807, 2.05) is 6.08 Å². The fourth-order valence-corrected chi connectivity index (χ4v) is 13.5. The Balaban J connectivity index is 2.05. The highest BCUT2D eigenvalue weighted by atomic mass is 16.7. The first-order valence-electron chi connectivity index (χ1n) is 41.4. The highest BCUT2D eigenvalue weighted by Gasteiger charge is 2.44. The van der Waals surface area contributed by atoms with E-state index in [-0.39, 0.29) is 12.5 Å². The Labute approximate surface area is 577 Å². The molecular formula is C84H159NO8. The summed E-state index contributed by atoms with van der Waals surface area (Å²) in [6.07, 6.45) is 94.1. The van der Waals surface area contributed by atoms with Crippen molar-refractivity contribution in [1.29, 1.82) is 0 Å². The van der Waals surface area contributed by atoms with Gasteiger partial charge in [-0.2, -0.15) is 0 Å². The molecule has 1 aliphatic rings. The zero-order valence-electron chi connectivity index (χ0n) is 61.8. The zero-order valence-corrected chi connectivity index (χ0v) is 61.8. The molecule has 0 radical (unpaired) electrons. The van der Waals surface area contributed by atoms with E-state index >= 15 is 0 Å². The van der Waals surface area contributed by atoms with E-state index in [2.05, 4.69) is 55.6 Å². The Bertz CT molecular complexity index is 1620. The van der Waals surface area contributed by atoms with Gasteiger partial charge in [-0.3, -0.25) is 4.79 Å². The van der Waals surface area contributed by atoms with E-state index in [1.165, 1.54) is 353 Å². The Morgan fingerprint density at radius 2 is 0.634 bits per heavy atom. The molecule has 1 amide bonds. The number of ether oxygens (including phenoxy) is 2. The highest BCUT2D eigenvalue weighted by molar-refractivity contribution is 5.76. The Kier molecular flexibility index (Phi) is 69.9. The normalized spacial score (nSPS) is 17.8. The second kappa shape index (κ2) is 72.9. The van der Waals surface area contributed by atoms with Crippen LogP contribution >= 0.6 is 0 Å². The van der Waals surface area contributed by atoms with E-state index in [0.717, 1.165) is 51.4 Å². The molecule has 1 aliphatic heterocycles. The van der Waals surface area contributed by atoms with Crippen LogP contribution in [0.25, 0.3) is 0 Å². The molecule has 9 nitrogen and oxygen atoms in total. The molecule has 1 fully saturated rings. The second-order valence-corrected chi connectivity index (χ2v) is 28.9. The maximum atomic E-state index is 13.2. The molecule has 0 aromatic carbocycles. The van der Waals surface area contributed by atoms with Crippen LogP contribution in [0.2, 0.25) is 0 Å². The highest BCUT2D eigenvalue weighted by Crippen LogP contribution is 2.24. The SMILES string of the molecule is CCCCCCC/C=C\C/C=C\C/C=C\CCCCCCCCCCCCCCCCCCCCCCCCCCC(=O)NC(COC1OC(CO)C(O)C(O)C1O)C(O)/C=C/CCCCCCCCCCCCCCCCCCCCCCCCCCCCCCC. The first-order chi connectivity index (χ1) is 45.8. The fraction of sp³-hybridized carbons (Fsp3) is 0.893. The number of hydrogen-bond donors (Lipinski definition) is 6. The third-order valence-electron chi connectivity index (χ3n) is 19.9. The summed E-state index contributed by atoms with van der Waals surface area (Å²) < 4.78 is 11.4. The number of carbonyl (C=O) groups excluding carboxylic acids is 1. The monoisotopic (exact) mass is 1310 g/mol. The predicted octanol–water partition coefficient (Wildman–Crippen LogP) is 23.9. The molecule has 9 heteroatoms. The molecule has 7 atom stereocenters. The number of aliphatic hydroxyl groups is 5. The van der Waals surface area contributed by atoms with Gasteiger partial charge in [0.1, 0.15) is 24.4 Å². The van der Waals surface area contributed by atoms with Crippen molar-refractivity contribution in [3.63, 3.8) is 0 Å². The van der Waals surface area contributed by atoms with Crippen molar-refractivity contribution in [2.75, 3.05) is 13.2 Å². The summed E-state index contributed by atoms with van der Waals surface area (Å²) in [7, 11) is 0. The Morgan fingerprint density at radius 1 is 0.366 bits per heavy atom. The lowest BCUT2D eigenvalue weighted by molar-refractivity contribution is -0.302. The maximum Gasteiger partial charge on any atom is 0.220 e. The van der Waals surface area contributed by atoms with Crippen molar-refractivity contribution in [3.8, 4) is 0 Å². The number of carbonyl (C=O) groups is 1. The standard InChI is InChI=1S/C84H159NO8/c1-3-5-7-9-11-13-15-17-19-21-23-25-27-29-31-33-35-36-37-38-39-40-41-42-44-46-48-50-52-54-56-58-60-62-64-66-68-70-72-74-80(88)85-77(76-92-84-83(91)82(90)81(89)79(75-86)93-84)78(87)73-71-69-67-65-63-61-59-57-55-53-51-49-47-45-43-34-32-30-28-26-24-22-20-18-16-14-12-10-8-6-4-2/h15,17,21,23,27,29,71,73,77-79,81-84,86-87,89-91H,3-14,16,18-20,22,24-26,28,30-70,72,74-76H2,1-2H3,(H,85,88)/b17-15-,23-21-,29-27-,73-71+. The molecule has 0 bridgehead atoms. The van der Waals surface area contributed by atoms with Crippen LogP contribution in [0, 0.1) is 0 Å². The van der Waals surface area contributed by atoms with Crippen LogP contribution in [-0.2, 0) is 14.3 Å². The minimum atomic E-state index is -1.57. The summed E-state index contributed by atoms with van der Waals surface area (Å²) in [5.74, 6) is -0.168. The number of rotatable bonds is 74. The van der Waals surface area contributed by atoms with Crippen molar-refractivity contribution in [2.45, 2.75) is 468 Å². The first kappa shape index (κ1) is 89.2. The van der Waals surface area contributed by atoms with Crippen LogP contribution < -0.4 is 5.32 Å². The number of allylic oxidation sites excluding steroid dienone is 7. The van der Waals surface area contributed by atoms with Crippen LogP contribution in [0.5, 0.6) is 0 Å². The van der Waals surface area contributed by atoms with Crippen LogP contribution in [0.3, 0.4) is 0 Å². The van der Waals surface area contributed by atoms with Gasteiger partial charge in [-0.05, 0) is 57.8 Å². The molecular weight excluding hydrogens is 1150 g/mol. The van der Waals surface area contributed by atoms with Crippen molar-refractivity contribution in [2.24, 2.45) is 0 Å². The molecule has 93 heavy (non-hydrogen) atoms. The second-order valence-electron chi connectivity index (χ2n) is 28.9. The molecule has 0 aromatic rings. The van der Waals surface area contributed by atoms with Crippen LogP contribution in [0.4, 0.5) is 0 Å². The number of aliphatic hydroxyl groups excluding tert-OH is 5. The minimum absolute atomic E-state index is 0.168. The predicted molar refractivity (Wildman–Crippen MR) is 401 cm³/mol. The molecule has 548 valence electrons. The van der Waals surface area contributed by atoms with Gasteiger partial charge in [0.25, 0.3) is 0 Å². The molecule has 7 unspecified atom stereocenters. The Hall–Kier alpha value is -1.85. The third-order valence-corrected chi connectivity index (χ3v) is 19.9.